The van der Waals surface area contributed by atoms with Crippen LogP contribution in [-0.4, -0.2) is 21.0 Å². The molecular weight excluding hydrogens is 310 g/mol. The summed E-state index contributed by atoms with van der Waals surface area (Å²) in [6.45, 7) is 0. The summed E-state index contributed by atoms with van der Waals surface area (Å²) in [5, 5.41) is 6.54. The standard InChI is InChI=1S/C16H13N5OS/c22-16(18-13-9-4-10-14-15(13)21-23-20-14)19-17-11-5-8-12-6-2-1-3-7-12/h1-11H,(H2,18,19,22)/b8-5+,17-11+. The van der Waals surface area contributed by atoms with Gasteiger partial charge in [-0.15, -0.1) is 0 Å². The maximum Gasteiger partial charge on any atom is 0.339 e. The number of allylic oxidation sites excluding steroid dienone is 1. The van der Waals surface area contributed by atoms with Crippen molar-refractivity contribution < 1.29 is 4.79 Å². The van der Waals surface area contributed by atoms with Gasteiger partial charge in [-0.2, -0.15) is 13.8 Å². The number of anilines is 1. The molecule has 0 aliphatic carbocycles. The van der Waals surface area contributed by atoms with Gasteiger partial charge in [0.25, 0.3) is 0 Å². The summed E-state index contributed by atoms with van der Waals surface area (Å²) in [5.41, 5.74) is 5.48. The minimum atomic E-state index is -0.435. The van der Waals surface area contributed by atoms with E-state index in [0.717, 1.165) is 22.8 Å². The molecular formula is C16H13N5OS. The van der Waals surface area contributed by atoms with E-state index in [2.05, 4.69) is 24.6 Å². The highest BCUT2D eigenvalue weighted by Gasteiger charge is 2.07. The van der Waals surface area contributed by atoms with Gasteiger partial charge in [-0.25, -0.2) is 10.2 Å². The van der Waals surface area contributed by atoms with E-state index in [0.29, 0.717) is 11.2 Å². The second kappa shape index (κ2) is 7.28. The number of hydrazone groups is 1. The number of rotatable bonds is 4. The number of hydrogen-bond donors (Lipinski definition) is 2. The summed E-state index contributed by atoms with van der Waals surface area (Å²) in [4.78, 5) is 11.8. The van der Waals surface area contributed by atoms with Gasteiger partial charge in [0.05, 0.1) is 17.4 Å². The number of aromatic nitrogens is 2. The van der Waals surface area contributed by atoms with E-state index >= 15 is 0 Å². The lowest BCUT2D eigenvalue weighted by atomic mass is 10.2. The smallest absolute Gasteiger partial charge is 0.304 e. The molecule has 3 aromatic rings. The van der Waals surface area contributed by atoms with Crippen molar-refractivity contribution in [3.05, 3.63) is 60.2 Å². The Labute approximate surface area is 136 Å². The number of nitrogens with one attached hydrogen (secondary N) is 2. The van der Waals surface area contributed by atoms with Crippen molar-refractivity contribution in [2.75, 3.05) is 5.32 Å². The third-order valence-corrected chi connectivity index (χ3v) is 3.49. The average molecular weight is 323 g/mol. The van der Waals surface area contributed by atoms with Gasteiger partial charge in [0.2, 0.25) is 0 Å². The van der Waals surface area contributed by atoms with Crippen LogP contribution in [0.2, 0.25) is 0 Å². The van der Waals surface area contributed by atoms with Crippen molar-refractivity contribution in [2.45, 2.75) is 0 Å². The average Bonchev–Trinajstić information content (AvgIpc) is 3.05. The van der Waals surface area contributed by atoms with Gasteiger partial charge in [0.1, 0.15) is 11.0 Å². The number of hydrogen-bond acceptors (Lipinski definition) is 5. The Morgan fingerprint density at radius 1 is 1.09 bits per heavy atom. The Morgan fingerprint density at radius 2 is 1.96 bits per heavy atom. The Bertz CT molecular complexity index is 857. The van der Waals surface area contributed by atoms with Crippen molar-refractivity contribution in [1.29, 1.82) is 0 Å². The fourth-order valence-electron chi connectivity index (χ4n) is 1.91. The van der Waals surface area contributed by atoms with E-state index in [4.69, 9.17) is 0 Å². The summed E-state index contributed by atoms with van der Waals surface area (Å²) in [5.74, 6) is 0. The van der Waals surface area contributed by atoms with Crippen LogP contribution in [-0.2, 0) is 0 Å². The number of nitrogens with zero attached hydrogens (tertiary/aromatic N) is 3. The van der Waals surface area contributed by atoms with Crippen LogP contribution in [0.5, 0.6) is 0 Å². The highest BCUT2D eigenvalue weighted by molar-refractivity contribution is 7.00. The molecule has 0 unspecified atom stereocenters. The molecule has 1 aromatic heterocycles. The van der Waals surface area contributed by atoms with Gasteiger partial charge < -0.3 is 5.32 Å². The van der Waals surface area contributed by atoms with Crippen molar-refractivity contribution in [1.82, 2.24) is 14.2 Å². The topological polar surface area (TPSA) is 79.3 Å². The van der Waals surface area contributed by atoms with Gasteiger partial charge in [-0.3, -0.25) is 0 Å². The molecule has 114 valence electrons. The molecule has 2 aromatic carbocycles. The molecule has 0 bridgehead atoms. The zero-order chi connectivity index (χ0) is 15.9. The normalized spacial score (nSPS) is 11.3. The molecule has 0 fully saturated rings. The monoisotopic (exact) mass is 323 g/mol. The van der Waals surface area contributed by atoms with Crippen molar-refractivity contribution in [3.63, 3.8) is 0 Å². The number of carbonyl (C=O) groups excluding carboxylic acids is 1. The van der Waals surface area contributed by atoms with Crippen LogP contribution >= 0.6 is 11.7 Å². The van der Waals surface area contributed by atoms with Gasteiger partial charge in [-0.1, -0.05) is 42.5 Å². The summed E-state index contributed by atoms with van der Waals surface area (Å²) in [6.07, 6.45) is 5.16. The minimum Gasteiger partial charge on any atom is -0.304 e. The molecule has 7 heteroatoms. The number of amides is 2. The van der Waals surface area contributed by atoms with Crippen LogP contribution in [0, 0.1) is 0 Å². The summed E-state index contributed by atoms with van der Waals surface area (Å²) in [6, 6.07) is 14.8. The summed E-state index contributed by atoms with van der Waals surface area (Å²) < 4.78 is 8.28. The molecule has 0 saturated heterocycles. The summed E-state index contributed by atoms with van der Waals surface area (Å²) >= 11 is 1.11. The van der Waals surface area contributed by atoms with E-state index in [-0.39, 0.29) is 0 Å². The van der Waals surface area contributed by atoms with E-state index < -0.39 is 6.03 Å². The van der Waals surface area contributed by atoms with E-state index in [1.54, 1.807) is 12.1 Å². The Balaban J connectivity index is 1.54. The maximum atomic E-state index is 11.8. The van der Waals surface area contributed by atoms with Crippen LogP contribution < -0.4 is 10.7 Å². The lowest BCUT2D eigenvalue weighted by Crippen LogP contribution is -2.24. The van der Waals surface area contributed by atoms with Crippen LogP contribution in [0.25, 0.3) is 17.1 Å². The first-order chi connectivity index (χ1) is 11.3. The fraction of sp³-hybridized carbons (Fsp3) is 0. The second-order valence-electron chi connectivity index (χ2n) is 4.55. The van der Waals surface area contributed by atoms with Crippen molar-refractivity contribution in [3.8, 4) is 0 Å². The van der Waals surface area contributed by atoms with E-state index in [9.17, 15) is 4.79 Å². The Morgan fingerprint density at radius 3 is 2.83 bits per heavy atom. The third kappa shape index (κ3) is 3.98. The number of benzene rings is 2. The fourth-order valence-corrected chi connectivity index (χ4v) is 2.46. The summed E-state index contributed by atoms with van der Waals surface area (Å²) in [7, 11) is 0. The van der Waals surface area contributed by atoms with Crippen molar-refractivity contribution in [2.24, 2.45) is 5.10 Å². The van der Waals surface area contributed by atoms with Crippen LogP contribution in [0.4, 0.5) is 10.5 Å². The largest absolute Gasteiger partial charge is 0.339 e. The molecule has 1 heterocycles. The molecule has 2 amide bonds. The molecule has 3 rings (SSSR count). The van der Waals surface area contributed by atoms with E-state index in [1.807, 2.05) is 48.5 Å². The molecule has 6 nitrogen and oxygen atoms in total. The molecule has 0 saturated carbocycles. The zero-order valence-corrected chi connectivity index (χ0v) is 12.8. The second-order valence-corrected chi connectivity index (χ2v) is 5.08. The lowest BCUT2D eigenvalue weighted by molar-refractivity contribution is 0.252. The van der Waals surface area contributed by atoms with Gasteiger partial charge in [-0.05, 0) is 23.8 Å². The number of carbonyl (C=O) groups is 1. The van der Waals surface area contributed by atoms with Gasteiger partial charge in [0, 0.05) is 6.21 Å². The quantitative estimate of drug-likeness (QED) is 0.569. The lowest BCUT2D eigenvalue weighted by Gasteiger charge is -2.03. The number of urea groups is 1. The van der Waals surface area contributed by atoms with Crippen LogP contribution in [0.3, 0.4) is 0 Å². The zero-order valence-electron chi connectivity index (χ0n) is 12.0. The van der Waals surface area contributed by atoms with Crippen LogP contribution in [0.15, 0.2) is 59.7 Å². The molecule has 0 atom stereocenters. The molecule has 0 aliphatic heterocycles. The predicted octanol–water partition coefficient (Wildman–Crippen LogP) is 3.51. The van der Waals surface area contributed by atoms with E-state index in [1.165, 1.54) is 6.21 Å². The molecule has 23 heavy (non-hydrogen) atoms. The maximum absolute atomic E-state index is 11.8. The predicted molar refractivity (Wildman–Crippen MR) is 93.5 cm³/mol. The van der Waals surface area contributed by atoms with Crippen molar-refractivity contribution >= 4 is 46.8 Å². The molecule has 0 radical (unpaired) electrons. The first kappa shape index (κ1) is 14.9. The van der Waals surface area contributed by atoms with Crippen LogP contribution in [0.1, 0.15) is 5.56 Å². The highest BCUT2D eigenvalue weighted by Crippen LogP contribution is 2.20. The Hall–Kier alpha value is -3.06. The first-order valence-electron chi connectivity index (χ1n) is 6.86. The molecule has 2 N–H and O–H groups in total. The minimum absolute atomic E-state index is 0.435. The van der Waals surface area contributed by atoms with Gasteiger partial charge >= 0.3 is 6.03 Å². The highest BCUT2D eigenvalue weighted by atomic mass is 32.1. The number of fused-ring (bicyclic) bond motifs is 1. The Kier molecular flexibility index (Phi) is 4.70. The molecule has 0 spiro atoms. The first-order valence-corrected chi connectivity index (χ1v) is 7.59. The third-order valence-electron chi connectivity index (χ3n) is 2.95. The van der Waals surface area contributed by atoms with Gasteiger partial charge in [0.15, 0.2) is 0 Å². The molecule has 0 aliphatic rings. The SMILES string of the molecule is O=C(N/N=C/C=C/c1ccccc1)Nc1cccc2nsnc12.